The molecule has 0 aliphatic heterocycles. The van der Waals surface area contributed by atoms with Crippen molar-refractivity contribution in [1.29, 1.82) is 0 Å². The third-order valence-electron chi connectivity index (χ3n) is 2.18. The highest BCUT2D eigenvalue weighted by Crippen LogP contribution is 2.18. The van der Waals surface area contributed by atoms with Gasteiger partial charge in [0.1, 0.15) is 0 Å². The number of anilines is 1. The number of nitrogens with one attached hydrogen (secondary N) is 1. The molecule has 0 aliphatic rings. The van der Waals surface area contributed by atoms with Crippen LogP contribution in [0.2, 0.25) is 0 Å². The second kappa shape index (κ2) is 7.00. The van der Waals surface area contributed by atoms with Gasteiger partial charge < -0.3 is 15.8 Å². The average molecular weight is 315 g/mol. The lowest BCUT2D eigenvalue weighted by atomic mass is 10.1. The first-order chi connectivity index (χ1) is 8.54. The fourth-order valence-electron chi connectivity index (χ4n) is 1.33. The summed E-state index contributed by atoms with van der Waals surface area (Å²) in [5.74, 6) is -0.641. The maximum Gasteiger partial charge on any atom is 0.307 e. The van der Waals surface area contributed by atoms with Gasteiger partial charge in [0.15, 0.2) is 0 Å². The Balaban J connectivity index is 2.50. The lowest BCUT2D eigenvalue weighted by Crippen LogP contribution is -2.27. The lowest BCUT2D eigenvalue weighted by Gasteiger charge is -2.07. The summed E-state index contributed by atoms with van der Waals surface area (Å²) >= 11 is 3.27. The number of hydrogen-bond acceptors (Lipinski definition) is 4. The minimum absolute atomic E-state index is 0.146. The van der Waals surface area contributed by atoms with Crippen molar-refractivity contribution in [2.24, 2.45) is 0 Å². The molecule has 0 fully saturated rings. The van der Waals surface area contributed by atoms with Crippen molar-refractivity contribution in [3.63, 3.8) is 0 Å². The molecule has 0 saturated carbocycles. The van der Waals surface area contributed by atoms with E-state index >= 15 is 0 Å². The van der Waals surface area contributed by atoms with E-state index in [4.69, 9.17) is 10.5 Å². The first kappa shape index (κ1) is 14.5. The zero-order valence-electron chi connectivity index (χ0n) is 10.0. The van der Waals surface area contributed by atoms with E-state index in [2.05, 4.69) is 21.2 Å². The molecule has 1 rings (SSSR count). The van der Waals surface area contributed by atoms with Crippen LogP contribution in [0.4, 0.5) is 5.69 Å². The number of carbonyl (C=O) groups is 2. The maximum atomic E-state index is 11.8. The van der Waals surface area contributed by atoms with Crippen LogP contribution >= 0.6 is 15.9 Å². The summed E-state index contributed by atoms with van der Waals surface area (Å²) in [5.41, 5.74) is 6.47. The van der Waals surface area contributed by atoms with E-state index in [1.165, 1.54) is 0 Å². The van der Waals surface area contributed by atoms with Crippen LogP contribution in [-0.4, -0.2) is 25.0 Å². The number of carbonyl (C=O) groups excluding carboxylic acids is 2. The SMILES string of the molecule is CCOC(=O)CCNC(=O)c1cc(Br)ccc1N. The second-order valence-electron chi connectivity index (χ2n) is 3.54. The van der Waals surface area contributed by atoms with Gasteiger partial charge in [-0.3, -0.25) is 9.59 Å². The molecule has 0 saturated heterocycles. The molecule has 18 heavy (non-hydrogen) atoms. The maximum absolute atomic E-state index is 11.8. The summed E-state index contributed by atoms with van der Waals surface area (Å²) in [4.78, 5) is 22.9. The van der Waals surface area contributed by atoms with Gasteiger partial charge in [-0.1, -0.05) is 15.9 Å². The Morgan fingerprint density at radius 3 is 2.83 bits per heavy atom. The summed E-state index contributed by atoms with van der Waals surface area (Å²) in [6.45, 7) is 2.30. The molecular formula is C12H15BrN2O3. The third-order valence-corrected chi connectivity index (χ3v) is 2.67. The summed E-state index contributed by atoms with van der Waals surface area (Å²) in [6, 6.07) is 5.03. The first-order valence-corrected chi connectivity index (χ1v) is 6.32. The van der Waals surface area contributed by atoms with E-state index in [0.717, 1.165) is 4.47 Å². The molecule has 1 aromatic rings. The molecule has 0 bridgehead atoms. The fourth-order valence-corrected chi connectivity index (χ4v) is 1.69. The van der Waals surface area contributed by atoms with Gasteiger partial charge in [-0.15, -0.1) is 0 Å². The third kappa shape index (κ3) is 4.37. The quantitative estimate of drug-likeness (QED) is 0.640. The average Bonchev–Trinajstić information content (AvgIpc) is 2.32. The van der Waals surface area contributed by atoms with Gasteiger partial charge in [0.25, 0.3) is 5.91 Å². The largest absolute Gasteiger partial charge is 0.466 e. The topological polar surface area (TPSA) is 81.4 Å². The number of amides is 1. The van der Waals surface area contributed by atoms with Gasteiger partial charge in [-0.2, -0.15) is 0 Å². The van der Waals surface area contributed by atoms with Gasteiger partial charge in [0, 0.05) is 16.7 Å². The Bertz CT molecular complexity index is 449. The Kier molecular flexibility index (Phi) is 5.64. The van der Waals surface area contributed by atoms with Crippen LogP contribution in [0.25, 0.3) is 0 Å². The number of nitrogens with two attached hydrogens (primary N) is 1. The number of esters is 1. The zero-order chi connectivity index (χ0) is 13.5. The normalized spacial score (nSPS) is 9.89. The van der Waals surface area contributed by atoms with Crippen LogP contribution in [0.3, 0.4) is 0 Å². The van der Waals surface area contributed by atoms with Crippen molar-refractivity contribution in [3.8, 4) is 0 Å². The van der Waals surface area contributed by atoms with E-state index in [1.54, 1.807) is 25.1 Å². The van der Waals surface area contributed by atoms with Crippen molar-refractivity contribution in [2.75, 3.05) is 18.9 Å². The van der Waals surface area contributed by atoms with E-state index in [-0.39, 0.29) is 24.8 Å². The monoisotopic (exact) mass is 314 g/mol. The molecule has 0 aromatic heterocycles. The van der Waals surface area contributed by atoms with Crippen molar-refractivity contribution in [3.05, 3.63) is 28.2 Å². The van der Waals surface area contributed by atoms with E-state index in [0.29, 0.717) is 17.9 Å². The summed E-state index contributed by atoms with van der Waals surface area (Å²) < 4.78 is 5.52. The second-order valence-corrected chi connectivity index (χ2v) is 4.46. The molecule has 0 unspecified atom stereocenters. The summed E-state index contributed by atoms with van der Waals surface area (Å²) in [7, 11) is 0. The number of rotatable bonds is 5. The lowest BCUT2D eigenvalue weighted by molar-refractivity contribution is -0.142. The molecule has 5 nitrogen and oxygen atoms in total. The van der Waals surface area contributed by atoms with Gasteiger partial charge in [-0.05, 0) is 25.1 Å². The van der Waals surface area contributed by atoms with Crippen molar-refractivity contribution in [1.82, 2.24) is 5.32 Å². The summed E-state index contributed by atoms with van der Waals surface area (Å²) in [5, 5.41) is 2.62. The Labute approximate surface area is 114 Å². The molecule has 0 radical (unpaired) electrons. The molecule has 6 heteroatoms. The predicted molar refractivity (Wildman–Crippen MR) is 72.1 cm³/mol. The summed E-state index contributed by atoms with van der Waals surface area (Å²) in [6.07, 6.45) is 0.146. The molecule has 1 amide bonds. The highest BCUT2D eigenvalue weighted by Gasteiger charge is 2.10. The Morgan fingerprint density at radius 1 is 1.44 bits per heavy atom. The van der Waals surface area contributed by atoms with E-state index < -0.39 is 0 Å². The predicted octanol–water partition coefficient (Wildman–Crippen LogP) is 1.71. The van der Waals surface area contributed by atoms with Gasteiger partial charge in [0.2, 0.25) is 0 Å². The molecule has 1 aromatic carbocycles. The van der Waals surface area contributed by atoms with Crippen molar-refractivity contribution >= 4 is 33.5 Å². The van der Waals surface area contributed by atoms with Gasteiger partial charge in [0.05, 0.1) is 18.6 Å². The van der Waals surface area contributed by atoms with E-state index in [9.17, 15) is 9.59 Å². The zero-order valence-corrected chi connectivity index (χ0v) is 11.6. The molecule has 3 N–H and O–H groups in total. The van der Waals surface area contributed by atoms with Crippen LogP contribution in [0, 0.1) is 0 Å². The smallest absolute Gasteiger partial charge is 0.307 e. The van der Waals surface area contributed by atoms with Crippen LogP contribution in [0.15, 0.2) is 22.7 Å². The van der Waals surface area contributed by atoms with Gasteiger partial charge >= 0.3 is 5.97 Å². The molecule has 0 spiro atoms. The first-order valence-electron chi connectivity index (χ1n) is 5.53. The Hall–Kier alpha value is -1.56. The molecule has 0 atom stereocenters. The highest BCUT2D eigenvalue weighted by atomic mass is 79.9. The van der Waals surface area contributed by atoms with Crippen LogP contribution in [0.1, 0.15) is 23.7 Å². The minimum Gasteiger partial charge on any atom is -0.466 e. The van der Waals surface area contributed by atoms with Crippen molar-refractivity contribution in [2.45, 2.75) is 13.3 Å². The van der Waals surface area contributed by atoms with E-state index in [1.807, 2.05) is 0 Å². The number of benzene rings is 1. The van der Waals surface area contributed by atoms with Crippen molar-refractivity contribution < 1.29 is 14.3 Å². The highest BCUT2D eigenvalue weighted by molar-refractivity contribution is 9.10. The Morgan fingerprint density at radius 2 is 2.17 bits per heavy atom. The van der Waals surface area contributed by atoms with Gasteiger partial charge in [-0.25, -0.2) is 0 Å². The number of hydrogen-bond donors (Lipinski definition) is 2. The fraction of sp³-hybridized carbons (Fsp3) is 0.333. The number of ether oxygens (including phenoxy) is 1. The van der Waals surface area contributed by atoms with Crippen LogP contribution in [0.5, 0.6) is 0 Å². The molecule has 98 valence electrons. The molecule has 0 aliphatic carbocycles. The standard InChI is InChI=1S/C12H15BrN2O3/c1-2-18-11(16)5-6-15-12(17)9-7-8(13)3-4-10(9)14/h3-4,7H,2,5-6,14H2,1H3,(H,15,17). The molecule has 0 heterocycles. The minimum atomic E-state index is -0.333. The number of nitrogen functional groups attached to an aromatic ring is 1. The molecular weight excluding hydrogens is 300 g/mol. The van der Waals surface area contributed by atoms with Crippen LogP contribution < -0.4 is 11.1 Å². The van der Waals surface area contributed by atoms with Crippen LogP contribution in [-0.2, 0) is 9.53 Å². The number of halogens is 1.